The molecule has 2 fully saturated rings. The van der Waals surface area contributed by atoms with Gasteiger partial charge in [0.1, 0.15) is 0 Å². The molecule has 1 saturated heterocycles. The molecular formula is C34H48S. The van der Waals surface area contributed by atoms with Crippen molar-refractivity contribution in [2.24, 2.45) is 11.8 Å². The summed E-state index contributed by atoms with van der Waals surface area (Å²) in [4.78, 5) is 0. The lowest BCUT2D eigenvalue weighted by atomic mass is 9.72. The highest BCUT2D eigenvalue weighted by Crippen LogP contribution is 2.58. The van der Waals surface area contributed by atoms with Crippen LogP contribution in [0.2, 0.25) is 0 Å². The summed E-state index contributed by atoms with van der Waals surface area (Å²) in [6, 6.07) is 18.6. The molecule has 2 atom stereocenters. The van der Waals surface area contributed by atoms with Crippen LogP contribution in [-0.2, 0) is 12.8 Å². The summed E-state index contributed by atoms with van der Waals surface area (Å²) in [6.07, 6.45) is 17.2. The van der Waals surface area contributed by atoms with Gasteiger partial charge in [0.05, 0.1) is 0 Å². The quantitative estimate of drug-likeness (QED) is 0.300. The van der Waals surface area contributed by atoms with E-state index in [0.29, 0.717) is 15.9 Å². The van der Waals surface area contributed by atoms with Crippen LogP contribution < -0.4 is 0 Å². The molecule has 1 heterocycles. The topological polar surface area (TPSA) is 0 Å². The minimum Gasteiger partial charge on any atom is -0.147 e. The molecule has 0 N–H and O–H groups in total. The molecule has 1 saturated carbocycles. The first-order valence-electron chi connectivity index (χ1n) is 14.6. The van der Waals surface area contributed by atoms with E-state index in [2.05, 4.69) is 87.6 Å². The van der Waals surface area contributed by atoms with Crippen molar-refractivity contribution in [1.29, 1.82) is 0 Å². The standard InChI is InChI=1S/C34H48S/c1-5-8-10-14-30-17-18-32(24-28(30)7-3)26(4)29-19-21-34(22-20-29)25-27(13-6-2)23-33(35-34)31-15-11-9-12-16-31/h9,11-12,15-18,24,27,29,33H,4-8,10,13-14,19-23,25H2,1-3H3. The maximum Gasteiger partial charge on any atom is 0.0305 e. The maximum atomic E-state index is 4.66. The van der Waals surface area contributed by atoms with Gasteiger partial charge in [-0.05, 0) is 97.5 Å². The van der Waals surface area contributed by atoms with Gasteiger partial charge in [0, 0.05) is 10.00 Å². The molecule has 1 aliphatic carbocycles. The molecule has 35 heavy (non-hydrogen) atoms. The molecule has 0 amide bonds. The van der Waals surface area contributed by atoms with Gasteiger partial charge in [-0.2, -0.15) is 0 Å². The van der Waals surface area contributed by atoms with Crippen LogP contribution in [-0.4, -0.2) is 4.75 Å². The predicted octanol–water partition coefficient (Wildman–Crippen LogP) is 10.6. The Hall–Kier alpha value is -1.47. The van der Waals surface area contributed by atoms with Crippen molar-refractivity contribution in [2.45, 2.75) is 114 Å². The fraction of sp³-hybridized carbons (Fsp3) is 0.588. The Morgan fingerprint density at radius 1 is 0.943 bits per heavy atom. The molecule has 1 heteroatoms. The lowest BCUT2D eigenvalue weighted by Crippen LogP contribution is -2.37. The van der Waals surface area contributed by atoms with Crippen molar-refractivity contribution < 1.29 is 0 Å². The van der Waals surface area contributed by atoms with Crippen LogP contribution in [0.5, 0.6) is 0 Å². The Morgan fingerprint density at radius 2 is 1.71 bits per heavy atom. The SMILES string of the molecule is C=C(c1ccc(CCCCC)c(CC)c1)C1CCC2(CC1)CC(CCC)CC(c1ccccc1)S2. The highest BCUT2D eigenvalue weighted by atomic mass is 32.2. The summed E-state index contributed by atoms with van der Waals surface area (Å²) in [5, 5.41) is 0.675. The summed E-state index contributed by atoms with van der Waals surface area (Å²) < 4.78 is 0.479. The molecule has 0 radical (unpaired) electrons. The number of thioether (sulfide) groups is 1. The van der Waals surface area contributed by atoms with E-state index in [-0.39, 0.29) is 0 Å². The number of hydrogen-bond acceptors (Lipinski definition) is 1. The van der Waals surface area contributed by atoms with Gasteiger partial charge >= 0.3 is 0 Å². The van der Waals surface area contributed by atoms with E-state index in [1.807, 2.05) is 0 Å². The second kappa shape index (κ2) is 12.7. The van der Waals surface area contributed by atoms with Gasteiger partial charge < -0.3 is 0 Å². The van der Waals surface area contributed by atoms with E-state index >= 15 is 0 Å². The van der Waals surface area contributed by atoms with Gasteiger partial charge in [0.2, 0.25) is 0 Å². The van der Waals surface area contributed by atoms with Crippen LogP contribution in [0.1, 0.15) is 119 Å². The third kappa shape index (κ3) is 6.65. The van der Waals surface area contributed by atoms with Crippen molar-refractivity contribution in [2.75, 3.05) is 0 Å². The van der Waals surface area contributed by atoms with E-state index in [0.717, 1.165) is 12.3 Å². The smallest absolute Gasteiger partial charge is 0.0305 e. The molecule has 0 bridgehead atoms. The second-order valence-corrected chi connectivity index (χ2v) is 13.1. The molecule has 1 aliphatic heterocycles. The zero-order valence-corrected chi connectivity index (χ0v) is 23.5. The minimum absolute atomic E-state index is 0.479. The van der Waals surface area contributed by atoms with E-state index < -0.39 is 0 Å². The zero-order valence-electron chi connectivity index (χ0n) is 22.7. The molecule has 190 valence electrons. The van der Waals surface area contributed by atoms with Crippen molar-refractivity contribution in [1.82, 2.24) is 0 Å². The number of hydrogen-bond donors (Lipinski definition) is 0. The summed E-state index contributed by atoms with van der Waals surface area (Å²) in [6.45, 7) is 11.6. The van der Waals surface area contributed by atoms with Gasteiger partial charge in [-0.15, -0.1) is 11.8 Å². The first kappa shape index (κ1) is 26.6. The number of aryl methyl sites for hydroxylation is 2. The fourth-order valence-corrected chi connectivity index (χ4v) is 8.89. The lowest BCUT2D eigenvalue weighted by Gasteiger charge is -2.48. The predicted molar refractivity (Wildman–Crippen MR) is 157 cm³/mol. The maximum absolute atomic E-state index is 4.66. The first-order chi connectivity index (χ1) is 17.1. The molecule has 2 unspecified atom stereocenters. The van der Waals surface area contributed by atoms with E-state index in [1.54, 1.807) is 16.7 Å². The summed E-state index contributed by atoms with van der Waals surface area (Å²) in [5.41, 5.74) is 7.47. The highest BCUT2D eigenvalue weighted by Gasteiger charge is 2.44. The Bertz CT molecular complexity index is 934. The normalized spacial score (nSPS) is 26.7. The fourth-order valence-electron chi connectivity index (χ4n) is 6.82. The van der Waals surface area contributed by atoms with Gasteiger partial charge in [-0.25, -0.2) is 0 Å². The molecule has 2 aliphatic rings. The molecular weight excluding hydrogens is 440 g/mol. The van der Waals surface area contributed by atoms with Crippen molar-refractivity contribution >= 4 is 17.3 Å². The van der Waals surface area contributed by atoms with E-state index in [4.69, 9.17) is 0 Å². The molecule has 0 aromatic heterocycles. The molecule has 2 aromatic rings. The Labute approximate surface area is 220 Å². The summed E-state index contributed by atoms with van der Waals surface area (Å²) in [5.74, 6) is 1.54. The number of unbranched alkanes of at least 4 members (excludes halogenated alkanes) is 2. The van der Waals surface area contributed by atoms with Crippen LogP contribution in [0, 0.1) is 11.8 Å². The van der Waals surface area contributed by atoms with Crippen LogP contribution in [0.25, 0.3) is 5.57 Å². The van der Waals surface area contributed by atoms with Crippen molar-refractivity contribution in [3.05, 3.63) is 77.4 Å². The van der Waals surface area contributed by atoms with Crippen LogP contribution in [0.4, 0.5) is 0 Å². The summed E-state index contributed by atoms with van der Waals surface area (Å²) >= 11 is 2.33. The van der Waals surface area contributed by atoms with Gasteiger partial charge in [0.15, 0.2) is 0 Å². The third-order valence-corrected chi connectivity index (χ3v) is 10.7. The zero-order chi connectivity index (χ0) is 24.7. The Balaban J connectivity index is 1.42. The molecule has 2 aromatic carbocycles. The van der Waals surface area contributed by atoms with Gasteiger partial charge in [0.25, 0.3) is 0 Å². The average molecular weight is 489 g/mol. The Morgan fingerprint density at radius 3 is 2.40 bits per heavy atom. The Kier molecular flexibility index (Phi) is 9.62. The first-order valence-corrected chi connectivity index (χ1v) is 15.5. The van der Waals surface area contributed by atoms with Crippen LogP contribution in [0.15, 0.2) is 55.1 Å². The highest BCUT2D eigenvalue weighted by molar-refractivity contribution is 8.00. The lowest BCUT2D eigenvalue weighted by molar-refractivity contribution is 0.262. The minimum atomic E-state index is 0.479. The second-order valence-electron chi connectivity index (χ2n) is 11.4. The van der Waals surface area contributed by atoms with Crippen molar-refractivity contribution in [3.8, 4) is 0 Å². The van der Waals surface area contributed by atoms with E-state index in [9.17, 15) is 0 Å². The van der Waals surface area contributed by atoms with E-state index in [1.165, 1.54) is 88.2 Å². The third-order valence-electron chi connectivity index (χ3n) is 8.87. The number of benzene rings is 2. The van der Waals surface area contributed by atoms with Crippen LogP contribution in [0.3, 0.4) is 0 Å². The number of allylic oxidation sites excluding steroid dienone is 1. The van der Waals surface area contributed by atoms with Crippen LogP contribution >= 0.6 is 11.8 Å². The van der Waals surface area contributed by atoms with Gasteiger partial charge in [-0.1, -0.05) is 102 Å². The molecule has 4 rings (SSSR count). The molecule has 1 spiro atoms. The summed E-state index contributed by atoms with van der Waals surface area (Å²) in [7, 11) is 0. The van der Waals surface area contributed by atoms with Crippen molar-refractivity contribution in [3.63, 3.8) is 0 Å². The number of rotatable bonds is 10. The largest absolute Gasteiger partial charge is 0.147 e. The monoisotopic (exact) mass is 488 g/mol. The molecule has 0 nitrogen and oxygen atoms in total. The van der Waals surface area contributed by atoms with Gasteiger partial charge in [-0.3, -0.25) is 0 Å². The average Bonchev–Trinajstić information content (AvgIpc) is 2.89.